The number of aromatic nitrogens is 4. The van der Waals surface area contributed by atoms with Crippen molar-refractivity contribution in [1.29, 1.82) is 0 Å². The van der Waals surface area contributed by atoms with Gasteiger partial charge in [-0.3, -0.25) is 18.8 Å². The molecule has 2 aromatic carbocycles. The molecular formula is C35H31F3N8O3. The normalized spacial score (nSPS) is 16.8. The van der Waals surface area contributed by atoms with E-state index in [9.17, 15) is 27.6 Å². The molecule has 49 heavy (non-hydrogen) atoms. The lowest BCUT2D eigenvalue weighted by Crippen LogP contribution is -2.57. The summed E-state index contributed by atoms with van der Waals surface area (Å²) in [5, 5.41) is 2.41. The van der Waals surface area contributed by atoms with E-state index in [1.807, 2.05) is 27.5 Å². The highest BCUT2D eigenvalue weighted by atomic mass is 19.4. The number of hydrogen-bond donors (Lipinski definition) is 2. The Kier molecular flexibility index (Phi) is 8.22. The molecule has 2 saturated heterocycles. The SMILES string of the molecule is Nc1nccn2c(C3CCCN(C(=O)C4CN(C(=O)c5ccccc5)C4)C3)nc(-c3ccc(C(=O)Nc4cc(C(F)(F)F)ccn4)cc3)c12. The van der Waals surface area contributed by atoms with E-state index < -0.39 is 17.6 Å². The number of amides is 3. The molecule has 5 heterocycles. The summed E-state index contributed by atoms with van der Waals surface area (Å²) in [6, 6.07) is 17.1. The van der Waals surface area contributed by atoms with E-state index in [2.05, 4.69) is 15.3 Å². The van der Waals surface area contributed by atoms with Gasteiger partial charge in [0.05, 0.1) is 11.5 Å². The maximum atomic E-state index is 13.5. The summed E-state index contributed by atoms with van der Waals surface area (Å²) in [5.74, 6) is -0.252. The number of hydrogen-bond acceptors (Lipinski definition) is 7. The van der Waals surface area contributed by atoms with Crippen LogP contribution in [0.4, 0.5) is 24.8 Å². The van der Waals surface area contributed by atoms with Gasteiger partial charge in [-0.2, -0.15) is 13.2 Å². The number of imidazole rings is 1. The molecular weight excluding hydrogens is 637 g/mol. The van der Waals surface area contributed by atoms with E-state index >= 15 is 0 Å². The third-order valence-electron chi connectivity index (χ3n) is 9.00. The van der Waals surface area contributed by atoms with Crippen LogP contribution in [-0.4, -0.2) is 73.1 Å². The number of pyridine rings is 1. The molecule has 3 amide bonds. The van der Waals surface area contributed by atoms with Gasteiger partial charge in [0.1, 0.15) is 28.7 Å². The third-order valence-corrected chi connectivity index (χ3v) is 9.00. The topological polar surface area (TPSA) is 139 Å². The first-order chi connectivity index (χ1) is 23.6. The minimum Gasteiger partial charge on any atom is -0.382 e. The molecule has 11 nitrogen and oxygen atoms in total. The van der Waals surface area contributed by atoms with Gasteiger partial charge in [-0.05, 0) is 49.2 Å². The summed E-state index contributed by atoms with van der Waals surface area (Å²) in [6.45, 7) is 1.86. The average Bonchev–Trinajstić information content (AvgIpc) is 3.49. The Balaban J connectivity index is 1.07. The summed E-state index contributed by atoms with van der Waals surface area (Å²) in [5.41, 5.74) is 8.02. The summed E-state index contributed by atoms with van der Waals surface area (Å²) < 4.78 is 41.2. The van der Waals surface area contributed by atoms with E-state index in [0.717, 1.165) is 37.0 Å². The van der Waals surface area contributed by atoms with Crippen LogP contribution in [-0.2, 0) is 11.0 Å². The monoisotopic (exact) mass is 668 g/mol. The number of nitrogens with two attached hydrogens (primary N) is 1. The standard InChI is InChI=1S/C35H31F3N8O3/c36-35(37,38)26-12-13-40-27(17-26)42-32(47)22-10-8-21(9-11-22)28-29-30(39)41-14-16-46(29)31(43-28)24-7-4-15-44(18-24)34(49)25-19-45(20-25)33(48)23-5-2-1-3-6-23/h1-3,5-6,8-14,16-17,24-25H,4,7,15,18-20H2,(H2,39,41)(H,40,42,47). The van der Waals surface area contributed by atoms with Crippen LogP contribution in [0.3, 0.4) is 0 Å². The zero-order valence-corrected chi connectivity index (χ0v) is 26.1. The van der Waals surface area contributed by atoms with Crippen molar-refractivity contribution < 1.29 is 27.6 Å². The van der Waals surface area contributed by atoms with E-state index in [1.165, 1.54) is 0 Å². The number of halogens is 3. The fourth-order valence-corrected chi connectivity index (χ4v) is 6.43. The molecule has 7 rings (SSSR count). The van der Waals surface area contributed by atoms with Gasteiger partial charge in [0.25, 0.3) is 11.8 Å². The molecule has 0 radical (unpaired) electrons. The first-order valence-corrected chi connectivity index (χ1v) is 15.8. The quantitative estimate of drug-likeness (QED) is 0.256. The Hall–Kier alpha value is -5.79. The number of fused-ring (bicyclic) bond motifs is 1. The average molecular weight is 669 g/mol. The van der Waals surface area contributed by atoms with Crippen molar-refractivity contribution in [2.75, 3.05) is 37.2 Å². The lowest BCUT2D eigenvalue weighted by atomic mass is 9.92. The number of nitrogens with one attached hydrogen (secondary N) is 1. The molecule has 0 aliphatic carbocycles. The Labute approximate surface area is 278 Å². The number of rotatable bonds is 6. The molecule has 1 unspecified atom stereocenters. The Morgan fingerprint density at radius 3 is 2.37 bits per heavy atom. The summed E-state index contributed by atoms with van der Waals surface area (Å²) in [6.07, 6.45) is 1.37. The molecule has 0 spiro atoms. The van der Waals surface area contributed by atoms with Crippen LogP contribution in [0, 0.1) is 5.92 Å². The minimum absolute atomic E-state index is 0.0262. The van der Waals surface area contributed by atoms with Crippen LogP contribution in [0.25, 0.3) is 16.8 Å². The van der Waals surface area contributed by atoms with Crippen LogP contribution in [0.5, 0.6) is 0 Å². The molecule has 0 saturated carbocycles. The van der Waals surface area contributed by atoms with Crippen LogP contribution >= 0.6 is 0 Å². The summed E-state index contributed by atoms with van der Waals surface area (Å²) >= 11 is 0. The van der Waals surface area contributed by atoms with Crippen LogP contribution in [0.1, 0.15) is 50.9 Å². The number of anilines is 2. The van der Waals surface area contributed by atoms with Crippen LogP contribution in [0.2, 0.25) is 0 Å². The Bertz CT molecular complexity index is 2040. The Morgan fingerprint density at radius 2 is 1.63 bits per heavy atom. The van der Waals surface area contributed by atoms with Gasteiger partial charge < -0.3 is 20.9 Å². The number of piperidine rings is 1. The number of likely N-dealkylation sites (tertiary alicyclic amines) is 2. The van der Waals surface area contributed by atoms with Crippen molar-refractivity contribution in [2.45, 2.75) is 24.9 Å². The first kappa shape index (κ1) is 31.8. The highest BCUT2D eigenvalue weighted by molar-refractivity contribution is 6.04. The van der Waals surface area contributed by atoms with Gasteiger partial charge in [-0.15, -0.1) is 0 Å². The van der Waals surface area contributed by atoms with Gasteiger partial charge in [0.15, 0.2) is 0 Å². The maximum absolute atomic E-state index is 13.5. The highest BCUT2D eigenvalue weighted by Gasteiger charge is 2.40. The van der Waals surface area contributed by atoms with Crippen LogP contribution in [0.15, 0.2) is 85.3 Å². The van der Waals surface area contributed by atoms with Crippen molar-refractivity contribution in [3.8, 4) is 11.3 Å². The molecule has 2 fully saturated rings. The van der Waals surface area contributed by atoms with Gasteiger partial charge in [0, 0.05) is 67.4 Å². The smallest absolute Gasteiger partial charge is 0.382 e. The predicted octanol–water partition coefficient (Wildman–Crippen LogP) is 5.12. The van der Waals surface area contributed by atoms with Crippen molar-refractivity contribution >= 4 is 34.9 Å². The number of benzene rings is 2. The third kappa shape index (κ3) is 6.28. The van der Waals surface area contributed by atoms with Gasteiger partial charge in [0.2, 0.25) is 5.91 Å². The molecule has 1 atom stereocenters. The number of nitrogen functional groups attached to an aromatic ring is 1. The molecule has 3 aromatic heterocycles. The predicted molar refractivity (Wildman–Crippen MR) is 174 cm³/mol. The largest absolute Gasteiger partial charge is 0.416 e. The van der Waals surface area contributed by atoms with E-state index in [-0.39, 0.29) is 40.8 Å². The van der Waals surface area contributed by atoms with E-state index in [4.69, 9.17) is 10.7 Å². The zero-order valence-electron chi connectivity index (χ0n) is 26.1. The molecule has 2 aliphatic rings. The Morgan fingerprint density at radius 1 is 0.878 bits per heavy atom. The second-order valence-corrected chi connectivity index (χ2v) is 12.2. The minimum atomic E-state index is -4.57. The van der Waals surface area contributed by atoms with Gasteiger partial charge in [-0.1, -0.05) is 30.3 Å². The van der Waals surface area contributed by atoms with Gasteiger partial charge >= 0.3 is 6.18 Å². The fourth-order valence-electron chi connectivity index (χ4n) is 6.43. The highest BCUT2D eigenvalue weighted by Crippen LogP contribution is 2.35. The number of carbonyl (C=O) groups is 3. The number of nitrogens with zero attached hydrogens (tertiary/aromatic N) is 6. The van der Waals surface area contributed by atoms with Crippen molar-refractivity contribution in [1.82, 2.24) is 29.2 Å². The van der Waals surface area contributed by atoms with Crippen molar-refractivity contribution in [3.05, 3.63) is 108 Å². The van der Waals surface area contributed by atoms with E-state index in [0.29, 0.717) is 48.5 Å². The van der Waals surface area contributed by atoms with Crippen LogP contribution < -0.4 is 11.1 Å². The number of alkyl halides is 3. The second kappa shape index (κ2) is 12.7. The summed E-state index contributed by atoms with van der Waals surface area (Å²) in [4.78, 5) is 55.8. The molecule has 250 valence electrons. The van der Waals surface area contributed by atoms with Crippen molar-refractivity contribution in [3.63, 3.8) is 0 Å². The molecule has 0 bridgehead atoms. The first-order valence-electron chi connectivity index (χ1n) is 15.8. The fraction of sp³-hybridized carbons (Fsp3) is 0.257. The lowest BCUT2D eigenvalue weighted by molar-refractivity contribution is -0.141. The molecule has 2 aliphatic heterocycles. The van der Waals surface area contributed by atoms with E-state index in [1.54, 1.807) is 53.7 Å². The molecule has 5 aromatic rings. The van der Waals surface area contributed by atoms with Crippen molar-refractivity contribution in [2.24, 2.45) is 5.92 Å². The molecule has 3 N–H and O–H groups in total. The second-order valence-electron chi connectivity index (χ2n) is 12.2. The number of carbonyl (C=O) groups excluding carboxylic acids is 3. The maximum Gasteiger partial charge on any atom is 0.416 e. The van der Waals surface area contributed by atoms with Gasteiger partial charge in [-0.25, -0.2) is 15.0 Å². The lowest BCUT2D eigenvalue weighted by Gasteiger charge is -2.42. The summed E-state index contributed by atoms with van der Waals surface area (Å²) in [7, 11) is 0. The molecule has 14 heteroatoms. The zero-order chi connectivity index (χ0) is 34.3.